The molecule has 0 saturated carbocycles. The SMILES string of the molecule is COCCOC.COCCOCCOCCOC. The van der Waals surface area contributed by atoms with E-state index in [0.29, 0.717) is 52.9 Å². The number of methoxy groups -OCH3 is 4. The number of hydrogen-bond acceptors (Lipinski definition) is 6. The van der Waals surface area contributed by atoms with Gasteiger partial charge >= 0.3 is 0 Å². The zero-order valence-electron chi connectivity index (χ0n) is 12.1. The molecule has 18 heavy (non-hydrogen) atoms. The van der Waals surface area contributed by atoms with Gasteiger partial charge in [0, 0.05) is 28.4 Å². The first-order valence-corrected chi connectivity index (χ1v) is 5.94. The molecule has 0 saturated heterocycles. The molecule has 0 unspecified atom stereocenters. The summed E-state index contributed by atoms with van der Waals surface area (Å²) in [5.41, 5.74) is 0. The van der Waals surface area contributed by atoms with Gasteiger partial charge in [0.15, 0.2) is 0 Å². The number of ether oxygens (including phenoxy) is 6. The number of hydrogen-bond donors (Lipinski definition) is 0. The lowest BCUT2D eigenvalue weighted by atomic mass is 10.7. The molecule has 0 aliphatic heterocycles. The normalized spacial score (nSPS) is 10.0. The Kier molecular flexibility index (Phi) is 24.5. The fourth-order valence-corrected chi connectivity index (χ4v) is 0.773. The monoisotopic (exact) mass is 268 g/mol. The van der Waals surface area contributed by atoms with Gasteiger partial charge in [0.2, 0.25) is 0 Å². The second kappa shape index (κ2) is 22.0. The van der Waals surface area contributed by atoms with Crippen LogP contribution >= 0.6 is 0 Å². The predicted octanol–water partition coefficient (Wildman–Crippen LogP) is 0.592. The molecule has 0 atom stereocenters. The Labute approximate surface area is 110 Å². The van der Waals surface area contributed by atoms with Crippen LogP contribution in [0.1, 0.15) is 0 Å². The molecule has 0 aromatic carbocycles. The molecule has 0 aliphatic carbocycles. The molecule has 6 heteroatoms. The first-order chi connectivity index (χ1) is 8.83. The van der Waals surface area contributed by atoms with Crippen molar-refractivity contribution in [2.24, 2.45) is 0 Å². The Bertz CT molecular complexity index is 109. The van der Waals surface area contributed by atoms with Crippen molar-refractivity contribution in [3.8, 4) is 0 Å². The summed E-state index contributed by atoms with van der Waals surface area (Å²) < 4.78 is 29.2. The van der Waals surface area contributed by atoms with E-state index in [0.717, 1.165) is 0 Å². The first-order valence-electron chi connectivity index (χ1n) is 5.94. The van der Waals surface area contributed by atoms with E-state index in [-0.39, 0.29) is 0 Å². The summed E-state index contributed by atoms with van der Waals surface area (Å²) in [5.74, 6) is 0. The van der Waals surface area contributed by atoms with Crippen molar-refractivity contribution in [1.29, 1.82) is 0 Å². The molecular weight excluding hydrogens is 240 g/mol. The minimum Gasteiger partial charge on any atom is -0.382 e. The molecule has 0 bridgehead atoms. The molecule has 6 nitrogen and oxygen atoms in total. The highest BCUT2D eigenvalue weighted by Gasteiger charge is 1.88. The lowest BCUT2D eigenvalue weighted by Gasteiger charge is -2.04. The molecular formula is C12H28O6. The Balaban J connectivity index is 0. The molecule has 0 amide bonds. The Hall–Kier alpha value is -0.240. The third-order valence-corrected chi connectivity index (χ3v) is 1.73. The van der Waals surface area contributed by atoms with Crippen LogP contribution in [0.3, 0.4) is 0 Å². The van der Waals surface area contributed by atoms with Crippen molar-refractivity contribution in [3.05, 3.63) is 0 Å². The highest BCUT2D eigenvalue weighted by atomic mass is 16.5. The van der Waals surface area contributed by atoms with E-state index in [1.807, 2.05) is 0 Å². The van der Waals surface area contributed by atoms with E-state index in [2.05, 4.69) is 9.47 Å². The van der Waals surface area contributed by atoms with Crippen LogP contribution in [0.15, 0.2) is 0 Å². The van der Waals surface area contributed by atoms with Crippen LogP contribution in [0.25, 0.3) is 0 Å². The van der Waals surface area contributed by atoms with Crippen LogP contribution < -0.4 is 0 Å². The van der Waals surface area contributed by atoms with Crippen molar-refractivity contribution in [2.75, 3.05) is 81.3 Å². The summed E-state index contributed by atoms with van der Waals surface area (Å²) in [7, 11) is 6.61. The van der Waals surface area contributed by atoms with Gasteiger partial charge in [0.1, 0.15) is 0 Å². The molecule has 0 heterocycles. The average Bonchev–Trinajstić information content (AvgIpc) is 2.40. The van der Waals surface area contributed by atoms with E-state index >= 15 is 0 Å². The third-order valence-electron chi connectivity index (χ3n) is 1.73. The average molecular weight is 268 g/mol. The van der Waals surface area contributed by atoms with Crippen molar-refractivity contribution < 1.29 is 28.4 Å². The van der Waals surface area contributed by atoms with Crippen LogP contribution in [0.5, 0.6) is 0 Å². The molecule has 0 radical (unpaired) electrons. The van der Waals surface area contributed by atoms with E-state index in [9.17, 15) is 0 Å². The van der Waals surface area contributed by atoms with Gasteiger partial charge < -0.3 is 28.4 Å². The number of rotatable bonds is 12. The zero-order valence-corrected chi connectivity index (χ0v) is 12.1. The fraction of sp³-hybridized carbons (Fsp3) is 1.00. The standard InChI is InChI=1S/C8H18O4.C4H10O2/c1-9-3-5-11-7-8-12-6-4-10-2;1-5-3-4-6-2/h3-8H2,1-2H3;3-4H2,1-2H3. The molecule has 0 aromatic heterocycles. The Morgan fingerprint density at radius 3 is 0.889 bits per heavy atom. The quantitative estimate of drug-likeness (QED) is 0.483. The van der Waals surface area contributed by atoms with Crippen LogP contribution in [0, 0.1) is 0 Å². The maximum absolute atomic E-state index is 5.16. The minimum atomic E-state index is 0.618. The molecule has 0 fully saturated rings. The summed E-state index contributed by atoms with van der Waals surface area (Å²) in [6, 6.07) is 0. The van der Waals surface area contributed by atoms with Gasteiger partial charge in [-0.15, -0.1) is 0 Å². The molecule has 0 N–H and O–H groups in total. The van der Waals surface area contributed by atoms with Crippen LogP contribution in [0.4, 0.5) is 0 Å². The largest absolute Gasteiger partial charge is 0.382 e. The minimum absolute atomic E-state index is 0.618. The summed E-state index contributed by atoms with van der Waals surface area (Å²) >= 11 is 0. The van der Waals surface area contributed by atoms with Gasteiger partial charge in [-0.2, -0.15) is 0 Å². The second-order valence-electron chi connectivity index (χ2n) is 3.20. The van der Waals surface area contributed by atoms with Gasteiger partial charge in [0.25, 0.3) is 0 Å². The Morgan fingerprint density at radius 1 is 0.389 bits per heavy atom. The van der Waals surface area contributed by atoms with Crippen molar-refractivity contribution in [1.82, 2.24) is 0 Å². The smallest absolute Gasteiger partial charge is 0.0701 e. The topological polar surface area (TPSA) is 55.4 Å². The Morgan fingerprint density at radius 2 is 0.611 bits per heavy atom. The maximum atomic E-state index is 5.16. The van der Waals surface area contributed by atoms with Gasteiger partial charge in [0.05, 0.1) is 52.9 Å². The lowest BCUT2D eigenvalue weighted by Crippen LogP contribution is -2.10. The molecule has 112 valence electrons. The van der Waals surface area contributed by atoms with Crippen molar-refractivity contribution in [2.45, 2.75) is 0 Å². The molecule has 0 aromatic rings. The summed E-state index contributed by atoms with van der Waals surface area (Å²) in [6.07, 6.45) is 0. The van der Waals surface area contributed by atoms with Crippen LogP contribution in [0.2, 0.25) is 0 Å². The highest BCUT2D eigenvalue weighted by molar-refractivity contribution is 4.32. The van der Waals surface area contributed by atoms with Gasteiger partial charge in [-0.05, 0) is 0 Å². The summed E-state index contributed by atoms with van der Waals surface area (Å²) in [4.78, 5) is 0. The van der Waals surface area contributed by atoms with Gasteiger partial charge in [-0.3, -0.25) is 0 Å². The molecule has 0 spiro atoms. The van der Waals surface area contributed by atoms with E-state index in [1.165, 1.54) is 0 Å². The lowest BCUT2D eigenvalue weighted by molar-refractivity contribution is 0.0106. The van der Waals surface area contributed by atoms with Crippen molar-refractivity contribution in [3.63, 3.8) is 0 Å². The molecule has 0 rings (SSSR count). The van der Waals surface area contributed by atoms with E-state index in [4.69, 9.17) is 18.9 Å². The van der Waals surface area contributed by atoms with E-state index < -0.39 is 0 Å². The highest BCUT2D eigenvalue weighted by Crippen LogP contribution is 1.79. The van der Waals surface area contributed by atoms with Crippen molar-refractivity contribution >= 4 is 0 Å². The zero-order chi connectivity index (χ0) is 13.9. The summed E-state index contributed by atoms with van der Waals surface area (Å²) in [5, 5.41) is 0. The second-order valence-corrected chi connectivity index (χ2v) is 3.20. The van der Waals surface area contributed by atoms with E-state index in [1.54, 1.807) is 28.4 Å². The fourth-order valence-electron chi connectivity index (χ4n) is 0.773. The van der Waals surface area contributed by atoms with Gasteiger partial charge in [-0.25, -0.2) is 0 Å². The van der Waals surface area contributed by atoms with Crippen LogP contribution in [-0.4, -0.2) is 81.3 Å². The first kappa shape index (κ1) is 20.1. The van der Waals surface area contributed by atoms with Crippen LogP contribution in [-0.2, 0) is 28.4 Å². The molecule has 0 aliphatic rings. The summed E-state index contributed by atoms with van der Waals surface area (Å²) in [6.45, 7) is 5.15. The maximum Gasteiger partial charge on any atom is 0.0701 e. The van der Waals surface area contributed by atoms with Gasteiger partial charge in [-0.1, -0.05) is 0 Å². The predicted molar refractivity (Wildman–Crippen MR) is 69.1 cm³/mol. The third kappa shape index (κ3) is 24.8.